The first-order valence-corrected chi connectivity index (χ1v) is 6.65. The first-order chi connectivity index (χ1) is 8.81. The van der Waals surface area contributed by atoms with Gasteiger partial charge < -0.3 is 5.32 Å². The third-order valence-corrected chi connectivity index (χ3v) is 4.13. The van der Waals surface area contributed by atoms with E-state index in [-0.39, 0.29) is 0 Å². The summed E-state index contributed by atoms with van der Waals surface area (Å²) in [6, 6.07) is 18.1. The van der Waals surface area contributed by atoms with Crippen molar-refractivity contribution in [2.45, 2.75) is 25.3 Å². The Balaban J connectivity index is 2.21. The molecular weight excluding hydrogens is 218 g/mol. The fraction of sp³-hybridized carbons (Fsp3) is 0.294. The Bertz CT molecular complexity index is 559. The van der Waals surface area contributed by atoms with Gasteiger partial charge in [-0.05, 0) is 35.7 Å². The van der Waals surface area contributed by atoms with Crippen LogP contribution in [-0.2, 0) is 6.42 Å². The van der Waals surface area contributed by atoms with E-state index in [0.29, 0.717) is 12.0 Å². The van der Waals surface area contributed by atoms with Gasteiger partial charge >= 0.3 is 0 Å². The molecule has 0 unspecified atom stereocenters. The molecule has 0 bridgehead atoms. The van der Waals surface area contributed by atoms with Crippen molar-refractivity contribution in [3.63, 3.8) is 0 Å². The van der Waals surface area contributed by atoms with Gasteiger partial charge in [-0.2, -0.15) is 0 Å². The maximum Gasteiger partial charge on any atom is 0.0361 e. The predicted molar refractivity (Wildman–Crippen MR) is 75.9 cm³/mol. The van der Waals surface area contributed by atoms with Gasteiger partial charge in [0.1, 0.15) is 0 Å². The van der Waals surface area contributed by atoms with Gasteiger partial charge in [0.05, 0.1) is 0 Å². The lowest BCUT2D eigenvalue weighted by Crippen LogP contribution is -2.19. The molecule has 1 heteroatoms. The second-order valence-electron chi connectivity index (χ2n) is 5.09. The smallest absolute Gasteiger partial charge is 0.0361 e. The second kappa shape index (κ2) is 4.58. The van der Waals surface area contributed by atoms with E-state index in [2.05, 4.69) is 67.8 Å². The maximum absolute atomic E-state index is 3.46. The number of benzene rings is 2. The average Bonchev–Trinajstić information content (AvgIpc) is 2.55. The van der Waals surface area contributed by atoms with E-state index in [0.717, 1.165) is 6.42 Å². The molecule has 0 spiro atoms. The molecule has 0 aliphatic heterocycles. The molecular formula is C17H19N. The SMILES string of the molecule is CN[C@H]1Cc2ccccc2[C@@H](C)c2ccccc21. The minimum absolute atomic E-state index is 0.423. The van der Waals surface area contributed by atoms with Gasteiger partial charge in [0.15, 0.2) is 0 Å². The van der Waals surface area contributed by atoms with E-state index < -0.39 is 0 Å². The Morgan fingerprint density at radius 2 is 1.50 bits per heavy atom. The van der Waals surface area contributed by atoms with Crippen LogP contribution >= 0.6 is 0 Å². The summed E-state index contributed by atoms with van der Waals surface area (Å²) in [4.78, 5) is 0. The number of rotatable bonds is 1. The van der Waals surface area contributed by atoms with Crippen LogP contribution in [0.1, 0.15) is 41.1 Å². The van der Waals surface area contributed by atoms with E-state index in [9.17, 15) is 0 Å². The van der Waals surface area contributed by atoms with Crippen LogP contribution in [0, 0.1) is 0 Å². The molecule has 1 N–H and O–H groups in total. The van der Waals surface area contributed by atoms with E-state index in [4.69, 9.17) is 0 Å². The standard InChI is InChI=1S/C17H19N/c1-12-14-8-4-3-7-13(14)11-17(18-2)16-10-6-5-9-15(12)16/h3-10,12,17-18H,11H2,1-2H3/t12-,17+/m1/s1. The monoisotopic (exact) mass is 237 g/mol. The highest BCUT2D eigenvalue weighted by Crippen LogP contribution is 2.37. The molecule has 1 aliphatic carbocycles. The molecule has 2 aromatic carbocycles. The normalized spacial score (nSPS) is 21.9. The quantitative estimate of drug-likeness (QED) is 0.798. The van der Waals surface area contributed by atoms with Crippen molar-refractivity contribution in [1.82, 2.24) is 5.32 Å². The minimum atomic E-state index is 0.423. The van der Waals surface area contributed by atoms with Crippen LogP contribution in [0.5, 0.6) is 0 Å². The van der Waals surface area contributed by atoms with Crippen molar-refractivity contribution in [3.05, 3.63) is 70.8 Å². The van der Waals surface area contributed by atoms with E-state index in [1.54, 1.807) is 0 Å². The summed E-state index contributed by atoms with van der Waals surface area (Å²) in [5.41, 5.74) is 5.86. The zero-order valence-corrected chi connectivity index (χ0v) is 11.0. The van der Waals surface area contributed by atoms with Crippen molar-refractivity contribution in [3.8, 4) is 0 Å². The van der Waals surface area contributed by atoms with E-state index in [1.165, 1.54) is 22.3 Å². The molecule has 2 aromatic rings. The Morgan fingerprint density at radius 1 is 0.889 bits per heavy atom. The van der Waals surface area contributed by atoms with Gasteiger partial charge in [-0.3, -0.25) is 0 Å². The number of nitrogens with one attached hydrogen (secondary N) is 1. The Hall–Kier alpha value is -1.60. The van der Waals surface area contributed by atoms with E-state index in [1.807, 2.05) is 0 Å². The van der Waals surface area contributed by atoms with Gasteiger partial charge in [0.25, 0.3) is 0 Å². The molecule has 2 atom stereocenters. The molecule has 92 valence electrons. The Kier molecular flexibility index (Phi) is 2.92. The van der Waals surface area contributed by atoms with Gasteiger partial charge in [-0.25, -0.2) is 0 Å². The molecule has 1 aliphatic rings. The summed E-state index contributed by atoms with van der Waals surface area (Å²) in [6.45, 7) is 2.32. The molecule has 18 heavy (non-hydrogen) atoms. The summed E-state index contributed by atoms with van der Waals surface area (Å²) >= 11 is 0. The predicted octanol–water partition coefficient (Wildman–Crippen LogP) is 3.66. The van der Waals surface area contributed by atoms with Crippen molar-refractivity contribution in [1.29, 1.82) is 0 Å². The largest absolute Gasteiger partial charge is 0.313 e. The third-order valence-electron chi connectivity index (χ3n) is 4.13. The maximum atomic E-state index is 3.46. The van der Waals surface area contributed by atoms with Gasteiger partial charge in [0, 0.05) is 12.0 Å². The van der Waals surface area contributed by atoms with Crippen LogP contribution in [0.25, 0.3) is 0 Å². The molecule has 3 rings (SSSR count). The molecule has 0 amide bonds. The molecule has 0 saturated carbocycles. The fourth-order valence-corrected chi connectivity index (χ4v) is 3.12. The van der Waals surface area contributed by atoms with Crippen LogP contribution in [0.15, 0.2) is 48.5 Å². The molecule has 0 aromatic heterocycles. The van der Waals surface area contributed by atoms with Crippen LogP contribution in [-0.4, -0.2) is 7.05 Å². The molecule has 1 nitrogen and oxygen atoms in total. The first-order valence-electron chi connectivity index (χ1n) is 6.65. The zero-order chi connectivity index (χ0) is 12.5. The molecule has 0 fully saturated rings. The number of hydrogen-bond acceptors (Lipinski definition) is 1. The van der Waals surface area contributed by atoms with Crippen LogP contribution in [0.4, 0.5) is 0 Å². The van der Waals surface area contributed by atoms with Crippen LogP contribution < -0.4 is 5.32 Å². The lowest BCUT2D eigenvalue weighted by molar-refractivity contribution is 0.592. The van der Waals surface area contributed by atoms with Crippen LogP contribution in [0.3, 0.4) is 0 Å². The number of fused-ring (bicyclic) bond motifs is 2. The summed E-state index contributed by atoms with van der Waals surface area (Å²) < 4.78 is 0. The van der Waals surface area contributed by atoms with Crippen molar-refractivity contribution >= 4 is 0 Å². The lowest BCUT2D eigenvalue weighted by Gasteiger charge is -2.18. The molecule has 0 radical (unpaired) electrons. The summed E-state index contributed by atoms with van der Waals surface area (Å²) in [6.07, 6.45) is 1.08. The first kappa shape index (κ1) is 11.5. The van der Waals surface area contributed by atoms with Crippen LogP contribution in [0.2, 0.25) is 0 Å². The highest BCUT2D eigenvalue weighted by Gasteiger charge is 2.24. The summed E-state index contributed by atoms with van der Waals surface area (Å²) in [5.74, 6) is 0.482. The lowest BCUT2D eigenvalue weighted by atomic mass is 9.89. The highest BCUT2D eigenvalue weighted by atomic mass is 14.9. The Morgan fingerprint density at radius 3 is 2.22 bits per heavy atom. The molecule has 0 heterocycles. The van der Waals surface area contributed by atoms with Gasteiger partial charge in [-0.1, -0.05) is 55.5 Å². The second-order valence-corrected chi connectivity index (χ2v) is 5.09. The number of hydrogen-bond donors (Lipinski definition) is 1. The zero-order valence-electron chi connectivity index (χ0n) is 11.0. The van der Waals surface area contributed by atoms with E-state index >= 15 is 0 Å². The number of likely N-dealkylation sites (N-methyl/N-ethyl adjacent to an activating group) is 1. The highest BCUT2D eigenvalue weighted by molar-refractivity contribution is 5.45. The Labute approximate surface area is 109 Å². The topological polar surface area (TPSA) is 12.0 Å². The summed E-state index contributed by atoms with van der Waals surface area (Å²) in [7, 11) is 2.06. The van der Waals surface area contributed by atoms with Crippen molar-refractivity contribution in [2.24, 2.45) is 0 Å². The van der Waals surface area contributed by atoms with Crippen molar-refractivity contribution < 1.29 is 0 Å². The van der Waals surface area contributed by atoms with Gasteiger partial charge in [0.2, 0.25) is 0 Å². The molecule has 0 saturated heterocycles. The van der Waals surface area contributed by atoms with Gasteiger partial charge in [-0.15, -0.1) is 0 Å². The third kappa shape index (κ3) is 1.75. The average molecular weight is 237 g/mol. The minimum Gasteiger partial charge on any atom is -0.313 e. The van der Waals surface area contributed by atoms with Crippen molar-refractivity contribution in [2.75, 3.05) is 7.05 Å². The fourth-order valence-electron chi connectivity index (χ4n) is 3.12. The summed E-state index contributed by atoms with van der Waals surface area (Å²) in [5, 5.41) is 3.46.